The zero-order chi connectivity index (χ0) is 14.0. The van der Waals surface area contributed by atoms with Gasteiger partial charge < -0.3 is 9.47 Å². The molecule has 1 heterocycles. The highest BCUT2D eigenvalue weighted by atomic mass is 79.9. The Labute approximate surface area is 119 Å². The van der Waals surface area contributed by atoms with E-state index < -0.39 is 12.0 Å². The molecule has 1 aromatic carbocycles. The molecule has 6 heteroatoms. The summed E-state index contributed by atoms with van der Waals surface area (Å²) in [5.74, 6) is -0.105. The van der Waals surface area contributed by atoms with Crippen LogP contribution >= 0.6 is 15.9 Å². The molecule has 0 saturated carbocycles. The van der Waals surface area contributed by atoms with Gasteiger partial charge in [0.15, 0.2) is 6.61 Å². The Morgan fingerprint density at radius 3 is 3.00 bits per heavy atom. The molecule has 0 bridgehead atoms. The van der Waals surface area contributed by atoms with Gasteiger partial charge >= 0.3 is 5.97 Å². The lowest BCUT2D eigenvalue weighted by Crippen LogP contribution is -2.48. The van der Waals surface area contributed by atoms with E-state index in [1.165, 1.54) is 4.90 Å². The van der Waals surface area contributed by atoms with Gasteiger partial charge in [0.25, 0.3) is 5.91 Å². The molecule has 1 aliphatic rings. The van der Waals surface area contributed by atoms with Gasteiger partial charge in [-0.3, -0.25) is 9.69 Å². The zero-order valence-corrected chi connectivity index (χ0v) is 12.3. The molecule has 5 nitrogen and oxygen atoms in total. The molecule has 1 amide bonds. The molecule has 102 valence electrons. The lowest BCUT2D eigenvalue weighted by Gasteiger charge is -2.32. The summed E-state index contributed by atoms with van der Waals surface area (Å²) in [4.78, 5) is 25.2. The summed E-state index contributed by atoms with van der Waals surface area (Å²) in [5, 5.41) is 0. The normalized spacial score (nSPS) is 15.5. The standard InChI is InChI=1S/C13H14BrNO4/c1-3-18-13(17)8(2)15-10-5-4-9(14)6-11(10)19-7-12(15)16/h4-6,8H,3,7H2,1-2H3. The van der Waals surface area contributed by atoms with E-state index in [4.69, 9.17) is 9.47 Å². The van der Waals surface area contributed by atoms with Gasteiger partial charge in [0.1, 0.15) is 11.8 Å². The van der Waals surface area contributed by atoms with Crippen molar-refractivity contribution in [1.82, 2.24) is 0 Å². The Balaban J connectivity index is 2.35. The third-order valence-electron chi connectivity index (χ3n) is 2.82. The van der Waals surface area contributed by atoms with Crippen LogP contribution in [0.15, 0.2) is 22.7 Å². The zero-order valence-electron chi connectivity index (χ0n) is 10.7. The number of ether oxygens (including phenoxy) is 2. The molecular weight excluding hydrogens is 314 g/mol. The van der Waals surface area contributed by atoms with Crippen molar-refractivity contribution in [3.63, 3.8) is 0 Å². The van der Waals surface area contributed by atoms with Crippen LogP contribution in [0.3, 0.4) is 0 Å². The molecular formula is C13H14BrNO4. The topological polar surface area (TPSA) is 55.8 Å². The third-order valence-corrected chi connectivity index (χ3v) is 3.31. The van der Waals surface area contributed by atoms with Gasteiger partial charge in [-0.1, -0.05) is 15.9 Å². The first kappa shape index (κ1) is 13.9. The van der Waals surface area contributed by atoms with Crippen molar-refractivity contribution in [3.05, 3.63) is 22.7 Å². The lowest BCUT2D eigenvalue weighted by atomic mass is 10.2. The lowest BCUT2D eigenvalue weighted by molar-refractivity contribution is -0.145. The van der Waals surface area contributed by atoms with Crippen molar-refractivity contribution in [3.8, 4) is 5.75 Å². The molecule has 1 aliphatic heterocycles. The second-order valence-corrected chi connectivity index (χ2v) is 5.01. The summed E-state index contributed by atoms with van der Waals surface area (Å²) in [6.07, 6.45) is 0. The maximum absolute atomic E-state index is 12.0. The van der Waals surface area contributed by atoms with E-state index in [0.29, 0.717) is 11.4 Å². The summed E-state index contributed by atoms with van der Waals surface area (Å²) in [7, 11) is 0. The van der Waals surface area contributed by atoms with Crippen LogP contribution in [-0.2, 0) is 14.3 Å². The number of benzene rings is 1. The van der Waals surface area contributed by atoms with Gasteiger partial charge in [-0.25, -0.2) is 4.79 Å². The number of halogens is 1. The number of hydrogen-bond donors (Lipinski definition) is 0. The van der Waals surface area contributed by atoms with Crippen LogP contribution in [0.1, 0.15) is 13.8 Å². The quantitative estimate of drug-likeness (QED) is 0.798. The molecule has 0 spiro atoms. The van der Waals surface area contributed by atoms with Crippen LogP contribution in [0.5, 0.6) is 5.75 Å². The second kappa shape index (κ2) is 5.61. The first-order valence-electron chi connectivity index (χ1n) is 5.95. The Morgan fingerprint density at radius 1 is 1.58 bits per heavy atom. The van der Waals surface area contributed by atoms with Crippen molar-refractivity contribution in [2.24, 2.45) is 0 Å². The van der Waals surface area contributed by atoms with Crippen LogP contribution in [-0.4, -0.2) is 31.1 Å². The molecule has 0 radical (unpaired) electrons. The number of nitrogens with zero attached hydrogens (tertiary/aromatic N) is 1. The molecule has 0 aromatic heterocycles. The first-order valence-corrected chi connectivity index (χ1v) is 6.75. The van der Waals surface area contributed by atoms with Gasteiger partial charge in [-0.15, -0.1) is 0 Å². The fraction of sp³-hybridized carbons (Fsp3) is 0.385. The number of carbonyl (C=O) groups excluding carboxylic acids is 2. The number of amides is 1. The number of fused-ring (bicyclic) bond motifs is 1. The van der Waals surface area contributed by atoms with Gasteiger partial charge in [0, 0.05) is 4.47 Å². The minimum absolute atomic E-state index is 0.0762. The van der Waals surface area contributed by atoms with E-state index in [9.17, 15) is 9.59 Å². The van der Waals surface area contributed by atoms with Crippen molar-refractivity contribution in [1.29, 1.82) is 0 Å². The van der Waals surface area contributed by atoms with E-state index in [0.717, 1.165) is 4.47 Å². The number of hydrogen-bond acceptors (Lipinski definition) is 4. The van der Waals surface area contributed by atoms with Crippen molar-refractivity contribution in [2.45, 2.75) is 19.9 Å². The van der Waals surface area contributed by atoms with Crippen LogP contribution < -0.4 is 9.64 Å². The fourth-order valence-corrected chi connectivity index (χ4v) is 2.28. The van der Waals surface area contributed by atoms with Gasteiger partial charge in [-0.2, -0.15) is 0 Å². The molecule has 0 fully saturated rings. The van der Waals surface area contributed by atoms with Gasteiger partial charge in [0.05, 0.1) is 12.3 Å². The predicted molar refractivity (Wildman–Crippen MR) is 73.2 cm³/mol. The minimum atomic E-state index is -0.670. The van der Waals surface area contributed by atoms with Crippen LogP contribution in [0.4, 0.5) is 5.69 Å². The summed E-state index contributed by atoms with van der Waals surface area (Å²) in [5.41, 5.74) is 0.583. The van der Waals surface area contributed by atoms with E-state index in [2.05, 4.69) is 15.9 Å². The summed E-state index contributed by atoms with van der Waals surface area (Å²) in [6, 6.07) is 4.64. The van der Waals surface area contributed by atoms with E-state index in [-0.39, 0.29) is 19.1 Å². The minimum Gasteiger partial charge on any atom is -0.482 e. The molecule has 0 aliphatic carbocycles. The van der Waals surface area contributed by atoms with E-state index >= 15 is 0 Å². The van der Waals surface area contributed by atoms with Crippen LogP contribution in [0.25, 0.3) is 0 Å². The van der Waals surface area contributed by atoms with E-state index in [1.807, 2.05) is 0 Å². The monoisotopic (exact) mass is 327 g/mol. The molecule has 19 heavy (non-hydrogen) atoms. The third kappa shape index (κ3) is 2.73. The van der Waals surface area contributed by atoms with Gasteiger partial charge in [0.2, 0.25) is 0 Å². The number of esters is 1. The number of rotatable bonds is 3. The predicted octanol–water partition coefficient (Wildman–Crippen LogP) is 2.13. The average Bonchev–Trinajstić information content (AvgIpc) is 2.38. The maximum Gasteiger partial charge on any atom is 0.328 e. The smallest absolute Gasteiger partial charge is 0.328 e. The largest absolute Gasteiger partial charge is 0.482 e. The molecule has 0 saturated heterocycles. The summed E-state index contributed by atoms with van der Waals surface area (Å²) < 4.78 is 11.2. The molecule has 0 N–H and O–H groups in total. The first-order chi connectivity index (χ1) is 9.04. The molecule has 2 rings (SSSR count). The Morgan fingerprint density at radius 2 is 2.32 bits per heavy atom. The molecule has 1 atom stereocenters. The Kier molecular flexibility index (Phi) is 4.09. The molecule has 1 unspecified atom stereocenters. The van der Waals surface area contributed by atoms with Crippen molar-refractivity contribution < 1.29 is 19.1 Å². The second-order valence-electron chi connectivity index (χ2n) is 4.09. The number of anilines is 1. The summed E-state index contributed by atoms with van der Waals surface area (Å²) in [6.45, 7) is 3.59. The highest BCUT2D eigenvalue weighted by Crippen LogP contribution is 2.35. The molecule has 1 aromatic rings. The fourth-order valence-electron chi connectivity index (χ4n) is 1.94. The van der Waals surface area contributed by atoms with Gasteiger partial charge in [-0.05, 0) is 32.0 Å². The SMILES string of the molecule is CCOC(=O)C(C)N1C(=O)COc2cc(Br)ccc21. The highest BCUT2D eigenvalue weighted by molar-refractivity contribution is 9.10. The van der Waals surface area contributed by atoms with Crippen molar-refractivity contribution >= 4 is 33.5 Å². The highest BCUT2D eigenvalue weighted by Gasteiger charge is 2.33. The number of carbonyl (C=O) groups is 2. The Bertz CT molecular complexity index is 517. The average molecular weight is 328 g/mol. The maximum atomic E-state index is 12.0. The van der Waals surface area contributed by atoms with E-state index in [1.54, 1.807) is 32.0 Å². The summed E-state index contributed by atoms with van der Waals surface area (Å²) >= 11 is 3.34. The van der Waals surface area contributed by atoms with Crippen LogP contribution in [0.2, 0.25) is 0 Å². The van der Waals surface area contributed by atoms with Crippen LogP contribution in [0, 0.1) is 0 Å². The Hall–Kier alpha value is -1.56. The van der Waals surface area contributed by atoms with Crippen molar-refractivity contribution in [2.75, 3.05) is 18.1 Å².